The van der Waals surface area contributed by atoms with E-state index in [1.54, 1.807) is 0 Å². The summed E-state index contributed by atoms with van der Waals surface area (Å²) in [5.41, 5.74) is 4.33. The minimum atomic E-state index is -0.226. The molecule has 4 heteroatoms. The first kappa shape index (κ1) is 19.1. The van der Waals surface area contributed by atoms with E-state index in [2.05, 4.69) is 29.2 Å². The lowest BCUT2D eigenvalue weighted by Crippen LogP contribution is -2.33. The Labute approximate surface area is 180 Å². The van der Waals surface area contributed by atoms with Gasteiger partial charge in [0, 0.05) is 29.1 Å². The van der Waals surface area contributed by atoms with Crippen molar-refractivity contribution in [3.63, 3.8) is 0 Å². The molecule has 0 saturated carbocycles. The number of halogens is 2. The summed E-state index contributed by atoms with van der Waals surface area (Å²) < 4.78 is 13.5. The number of fused-ring (bicyclic) bond motifs is 1. The van der Waals surface area contributed by atoms with Crippen LogP contribution in [0.2, 0.25) is 5.02 Å². The van der Waals surface area contributed by atoms with E-state index in [4.69, 9.17) is 16.6 Å². The third kappa shape index (κ3) is 3.78. The maximum absolute atomic E-state index is 13.5. The summed E-state index contributed by atoms with van der Waals surface area (Å²) in [5.74, 6) is 1.26. The van der Waals surface area contributed by atoms with Crippen LogP contribution < -0.4 is 4.90 Å². The first-order chi connectivity index (χ1) is 14.7. The van der Waals surface area contributed by atoms with Crippen molar-refractivity contribution in [1.29, 1.82) is 0 Å². The molecule has 2 heterocycles. The Morgan fingerprint density at radius 2 is 1.63 bits per heavy atom. The molecular weight excluding hydrogens is 395 g/mol. The van der Waals surface area contributed by atoms with E-state index in [0.717, 1.165) is 58.8 Å². The highest BCUT2D eigenvalue weighted by atomic mass is 35.5. The number of hydrogen-bond acceptors (Lipinski definition) is 2. The minimum Gasteiger partial charge on any atom is -0.356 e. The molecule has 2 nitrogen and oxygen atoms in total. The molecule has 0 atom stereocenters. The number of nitrogens with zero attached hydrogens (tertiary/aromatic N) is 2. The Morgan fingerprint density at radius 3 is 2.40 bits per heavy atom. The summed E-state index contributed by atoms with van der Waals surface area (Å²) in [7, 11) is 0. The number of piperidine rings is 1. The molecule has 5 rings (SSSR count). The smallest absolute Gasteiger partial charge is 0.137 e. The van der Waals surface area contributed by atoms with Gasteiger partial charge in [-0.15, -0.1) is 0 Å². The van der Waals surface area contributed by atoms with E-state index in [1.165, 1.54) is 17.7 Å². The van der Waals surface area contributed by atoms with Gasteiger partial charge in [0.2, 0.25) is 0 Å². The summed E-state index contributed by atoms with van der Waals surface area (Å²) in [4.78, 5) is 7.39. The van der Waals surface area contributed by atoms with Crippen LogP contribution in [0.25, 0.3) is 22.0 Å². The van der Waals surface area contributed by atoms with Gasteiger partial charge in [-0.3, -0.25) is 0 Å². The van der Waals surface area contributed by atoms with Crippen molar-refractivity contribution in [1.82, 2.24) is 4.98 Å². The lowest BCUT2D eigenvalue weighted by atomic mass is 9.89. The van der Waals surface area contributed by atoms with Crippen LogP contribution in [0.15, 0.2) is 78.9 Å². The second-order valence-corrected chi connectivity index (χ2v) is 8.31. The first-order valence-corrected chi connectivity index (χ1v) is 10.7. The van der Waals surface area contributed by atoms with Crippen LogP contribution in [0.3, 0.4) is 0 Å². The van der Waals surface area contributed by atoms with Crippen molar-refractivity contribution >= 4 is 28.3 Å². The number of hydrogen-bond donors (Lipinski definition) is 0. The molecule has 0 N–H and O–H groups in total. The number of para-hydroxylation sites is 1. The zero-order chi connectivity index (χ0) is 20.5. The average molecular weight is 417 g/mol. The highest BCUT2D eigenvalue weighted by Gasteiger charge is 2.24. The molecule has 0 radical (unpaired) electrons. The minimum absolute atomic E-state index is 0.226. The molecule has 0 amide bonds. The van der Waals surface area contributed by atoms with Gasteiger partial charge in [0.25, 0.3) is 0 Å². The van der Waals surface area contributed by atoms with Crippen molar-refractivity contribution in [3.05, 3.63) is 95.3 Å². The van der Waals surface area contributed by atoms with E-state index in [9.17, 15) is 4.39 Å². The highest BCUT2D eigenvalue weighted by Crippen LogP contribution is 2.37. The average Bonchev–Trinajstić information content (AvgIpc) is 2.79. The maximum Gasteiger partial charge on any atom is 0.137 e. The van der Waals surface area contributed by atoms with Crippen molar-refractivity contribution in [3.8, 4) is 11.1 Å². The van der Waals surface area contributed by atoms with Crippen LogP contribution in [0.4, 0.5) is 10.2 Å². The number of rotatable bonds is 3. The molecule has 1 saturated heterocycles. The molecule has 1 fully saturated rings. The molecule has 1 aromatic heterocycles. The lowest BCUT2D eigenvalue weighted by Gasteiger charge is -2.34. The van der Waals surface area contributed by atoms with Crippen LogP contribution in [-0.2, 0) is 0 Å². The van der Waals surface area contributed by atoms with Gasteiger partial charge in [0.05, 0.1) is 5.52 Å². The topological polar surface area (TPSA) is 16.1 Å². The molecule has 1 aliphatic rings. The molecule has 0 unspecified atom stereocenters. The maximum atomic E-state index is 13.5. The van der Waals surface area contributed by atoms with E-state index < -0.39 is 0 Å². The molecule has 0 spiro atoms. The number of pyridine rings is 1. The van der Waals surface area contributed by atoms with E-state index >= 15 is 0 Å². The quantitative estimate of drug-likeness (QED) is 0.354. The molecule has 3 aromatic carbocycles. The van der Waals surface area contributed by atoms with Crippen LogP contribution in [0.5, 0.6) is 0 Å². The van der Waals surface area contributed by atoms with Crippen molar-refractivity contribution in [2.24, 2.45) is 0 Å². The van der Waals surface area contributed by atoms with E-state index in [-0.39, 0.29) is 5.82 Å². The second kappa shape index (κ2) is 8.08. The zero-order valence-electron chi connectivity index (χ0n) is 16.6. The third-order valence-corrected chi connectivity index (χ3v) is 6.21. The van der Waals surface area contributed by atoms with Crippen molar-refractivity contribution < 1.29 is 4.39 Å². The predicted molar refractivity (Wildman–Crippen MR) is 123 cm³/mol. The lowest BCUT2D eigenvalue weighted by molar-refractivity contribution is 0.503. The third-order valence-electron chi connectivity index (χ3n) is 5.97. The fourth-order valence-corrected chi connectivity index (χ4v) is 4.57. The molecular formula is C26H22ClFN2. The zero-order valence-corrected chi connectivity index (χ0v) is 17.3. The Hall–Kier alpha value is -2.91. The number of benzene rings is 3. The summed E-state index contributed by atoms with van der Waals surface area (Å²) in [5, 5.41) is 1.89. The van der Waals surface area contributed by atoms with Gasteiger partial charge in [0.15, 0.2) is 0 Å². The number of anilines is 1. The summed E-state index contributed by atoms with van der Waals surface area (Å²) in [6.45, 7) is 1.85. The normalized spacial score (nSPS) is 14.9. The standard InChI is InChI=1S/C26H22ClFN2/c27-22-6-3-5-20(16-22)18-12-14-30(15-13-18)26-24(19-8-10-23(28)11-9-19)17-21-4-1-2-7-25(21)29-26/h1-11,16-18H,12-15H2. The van der Waals surface area contributed by atoms with Crippen LogP contribution in [-0.4, -0.2) is 18.1 Å². The largest absolute Gasteiger partial charge is 0.356 e. The van der Waals surface area contributed by atoms with E-state index in [1.807, 2.05) is 42.5 Å². The van der Waals surface area contributed by atoms with Gasteiger partial charge in [-0.05, 0) is 66.3 Å². The SMILES string of the molecule is Fc1ccc(-c2cc3ccccc3nc2N2CCC(c3cccc(Cl)c3)CC2)cc1. The van der Waals surface area contributed by atoms with Crippen LogP contribution in [0, 0.1) is 5.82 Å². The first-order valence-electron chi connectivity index (χ1n) is 10.3. The summed E-state index contributed by atoms with van der Waals surface area (Å²) in [6, 6.07) is 25.2. The van der Waals surface area contributed by atoms with E-state index in [0.29, 0.717) is 5.92 Å². The fraction of sp³-hybridized carbons (Fsp3) is 0.192. The molecule has 150 valence electrons. The second-order valence-electron chi connectivity index (χ2n) is 7.88. The highest BCUT2D eigenvalue weighted by molar-refractivity contribution is 6.30. The summed E-state index contributed by atoms with van der Waals surface area (Å²) in [6.07, 6.45) is 2.11. The van der Waals surface area contributed by atoms with Gasteiger partial charge in [0.1, 0.15) is 11.6 Å². The fourth-order valence-electron chi connectivity index (χ4n) is 4.37. The van der Waals surface area contributed by atoms with Crippen LogP contribution in [0.1, 0.15) is 24.3 Å². The Kier molecular flexibility index (Phi) is 5.14. The predicted octanol–water partition coefficient (Wildman–Crippen LogP) is 7.08. The van der Waals surface area contributed by atoms with Crippen molar-refractivity contribution in [2.45, 2.75) is 18.8 Å². The van der Waals surface area contributed by atoms with Gasteiger partial charge >= 0.3 is 0 Å². The van der Waals surface area contributed by atoms with Crippen LogP contribution >= 0.6 is 11.6 Å². The molecule has 4 aromatic rings. The van der Waals surface area contributed by atoms with Gasteiger partial charge in [-0.25, -0.2) is 9.37 Å². The molecule has 1 aliphatic heterocycles. The number of aromatic nitrogens is 1. The Morgan fingerprint density at radius 1 is 0.867 bits per heavy atom. The Balaban J connectivity index is 1.49. The van der Waals surface area contributed by atoms with Gasteiger partial charge in [-0.1, -0.05) is 54.1 Å². The monoisotopic (exact) mass is 416 g/mol. The summed E-state index contributed by atoms with van der Waals surface area (Å²) >= 11 is 6.20. The van der Waals surface area contributed by atoms with Crippen molar-refractivity contribution in [2.75, 3.05) is 18.0 Å². The molecule has 0 aliphatic carbocycles. The molecule has 0 bridgehead atoms. The van der Waals surface area contributed by atoms with Gasteiger partial charge < -0.3 is 4.90 Å². The van der Waals surface area contributed by atoms with Gasteiger partial charge in [-0.2, -0.15) is 0 Å². The Bertz CT molecular complexity index is 1180. The molecule has 30 heavy (non-hydrogen) atoms.